The molecule has 1 aliphatic carbocycles. The Hall–Kier alpha value is -1.52. The van der Waals surface area contributed by atoms with Crippen LogP contribution in [0.4, 0.5) is 5.69 Å². The van der Waals surface area contributed by atoms with Crippen LogP contribution in [0.1, 0.15) is 62.1 Å². The van der Waals surface area contributed by atoms with Crippen molar-refractivity contribution in [3.63, 3.8) is 0 Å². The van der Waals surface area contributed by atoms with Gasteiger partial charge in [0.1, 0.15) is 5.69 Å². The molecular formula is C15H26N4O. The first kappa shape index (κ1) is 14.9. The van der Waals surface area contributed by atoms with E-state index in [9.17, 15) is 4.79 Å². The lowest BCUT2D eigenvalue weighted by molar-refractivity contribution is 0.0910. The zero-order valence-corrected chi connectivity index (χ0v) is 12.8. The molecule has 2 rings (SSSR count). The van der Waals surface area contributed by atoms with Gasteiger partial charge in [0.05, 0.1) is 11.4 Å². The number of nitrogens with two attached hydrogens (primary N) is 1. The van der Waals surface area contributed by atoms with Crippen LogP contribution in [0.2, 0.25) is 0 Å². The number of carbonyl (C=O) groups excluding carboxylic acids is 1. The minimum absolute atomic E-state index is 0.0843. The topological polar surface area (TPSA) is 72.9 Å². The number of amides is 1. The fourth-order valence-electron chi connectivity index (χ4n) is 3.17. The van der Waals surface area contributed by atoms with Crippen molar-refractivity contribution in [2.45, 2.75) is 58.4 Å². The maximum absolute atomic E-state index is 12.4. The number of carbonyl (C=O) groups is 1. The van der Waals surface area contributed by atoms with E-state index in [0.29, 0.717) is 11.4 Å². The number of anilines is 1. The molecule has 1 aromatic rings. The van der Waals surface area contributed by atoms with E-state index in [-0.39, 0.29) is 11.9 Å². The molecule has 1 aliphatic rings. The van der Waals surface area contributed by atoms with E-state index in [1.54, 1.807) is 11.7 Å². The summed E-state index contributed by atoms with van der Waals surface area (Å²) < 4.78 is 1.60. The van der Waals surface area contributed by atoms with Gasteiger partial charge in [0.2, 0.25) is 0 Å². The highest BCUT2D eigenvalue weighted by Gasteiger charge is 2.25. The van der Waals surface area contributed by atoms with Crippen LogP contribution >= 0.6 is 0 Å². The molecule has 112 valence electrons. The maximum atomic E-state index is 12.4. The highest BCUT2D eigenvalue weighted by atomic mass is 16.2. The van der Waals surface area contributed by atoms with Gasteiger partial charge in [0.25, 0.3) is 5.91 Å². The van der Waals surface area contributed by atoms with Crippen LogP contribution in [0.5, 0.6) is 0 Å². The number of aryl methyl sites for hydroxylation is 2. The number of nitrogens with one attached hydrogen (secondary N) is 1. The van der Waals surface area contributed by atoms with Crippen LogP contribution in [0.25, 0.3) is 0 Å². The third-order valence-electron chi connectivity index (χ3n) is 4.41. The molecule has 0 radical (unpaired) electrons. The van der Waals surface area contributed by atoms with E-state index in [4.69, 9.17) is 5.73 Å². The SMILES string of the molecule is CCc1nn(C)c(C(=O)NC2CCCC(CC)C2)c1N. The van der Waals surface area contributed by atoms with Gasteiger partial charge in [-0.1, -0.05) is 33.1 Å². The molecule has 0 aliphatic heterocycles. The average Bonchev–Trinajstić information content (AvgIpc) is 2.73. The Morgan fingerprint density at radius 1 is 1.45 bits per heavy atom. The molecule has 0 spiro atoms. The Labute approximate surface area is 120 Å². The molecule has 1 heterocycles. The van der Waals surface area contributed by atoms with Gasteiger partial charge in [-0.15, -0.1) is 0 Å². The zero-order chi connectivity index (χ0) is 14.7. The van der Waals surface area contributed by atoms with E-state index < -0.39 is 0 Å². The number of nitrogens with zero attached hydrogens (tertiary/aromatic N) is 2. The molecule has 0 saturated heterocycles. The monoisotopic (exact) mass is 278 g/mol. The Morgan fingerprint density at radius 3 is 2.80 bits per heavy atom. The summed E-state index contributed by atoms with van der Waals surface area (Å²) in [4.78, 5) is 12.4. The molecule has 1 saturated carbocycles. The van der Waals surface area contributed by atoms with Crippen molar-refractivity contribution in [3.8, 4) is 0 Å². The predicted octanol–water partition coefficient (Wildman–Crippen LogP) is 2.26. The van der Waals surface area contributed by atoms with E-state index in [1.165, 1.54) is 19.3 Å². The number of hydrogen-bond acceptors (Lipinski definition) is 3. The number of nitrogen functional groups attached to an aromatic ring is 1. The molecule has 5 heteroatoms. The fraction of sp³-hybridized carbons (Fsp3) is 0.733. The fourth-order valence-corrected chi connectivity index (χ4v) is 3.17. The van der Waals surface area contributed by atoms with Crippen molar-refractivity contribution in [2.75, 3.05) is 5.73 Å². The molecule has 0 bridgehead atoms. The van der Waals surface area contributed by atoms with Crippen LogP contribution < -0.4 is 11.1 Å². The Morgan fingerprint density at radius 2 is 2.20 bits per heavy atom. The Balaban J connectivity index is 2.06. The first-order valence-electron chi connectivity index (χ1n) is 7.68. The number of hydrogen-bond donors (Lipinski definition) is 2. The number of aromatic nitrogens is 2. The van der Waals surface area contributed by atoms with Crippen LogP contribution in [-0.2, 0) is 13.5 Å². The highest BCUT2D eigenvalue weighted by molar-refractivity contribution is 5.98. The first-order valence-corrected chi connectivity index (χ1v) is 7.68. The van der Waals surface area contributed by atoms with Gasteiger partial charge in [0.15, 0.2) is 0 Å². The third-order valence-corrected chi connectivity index (χ3v) is 4.41. The van der Waals surface area contributed by atoms with Crippen molar-refractivity contribution in [1.82, 2.24) is 15.1 Å². The predicted molar refractivity (Wildman–Crippen MR) is 80.5 cm³/mol. The minimum Gasteiger partial charge on any atom is -0.395 e. The summed E-state index contributed by atoms with van der Waals surface area (Å²) in [6.45, 7) is 4.22. The molecule has 1 amide bonds. The van der Waals surface area contributed by atoms with Crippen LogP contribution in [0.3, 0.4) is 0 Å². The summed E-state index contributed by atoms with van der Waals surface area (Å²) in [5, 5.41) is 7.44. The lowest BCUT2D eigenvalue weighted by Crippen LogP contribution is -2.39. The van der Waals surface area contributed by atoms with Gasteiger partial charge in [-0.05, 0) is 25.2 Å². The first-order chi connectivity index (χ1) is 9.56. The Bertz CT molecular complexity index is 480. The molecule has 2 atom stereocenters. The largest absolute Gasteiger partial charge is 0.395 e. The van der Waals surface area contributed by atoms with Gasteiger partial charge in [-0.25, -0.2) is 0 Å². The molecule has 1 fully saturated rings. The summed E-state index contributed by atoms with van der Waals surface area (Å²) in [7, 11) is 1.78. The van der Waals surface area contributed by atoms with Gasteiger partial charge in [0, 0.05) is 13.1 Å². The van der Waals surface area contributed by atoms with Gasteiger partial charge in [-0.2, -0.15) is 5.10 Å². The molecular weight excluding hydrogens is 252 g/mol. The van der Waals surface area contributed by atoms with Crippen molar-refractivity contribution in [2.24, 2.45) is 13.0 Å². The van der Waals surface area contributed by atoms with Crippen molar-refractivity contribution in [3.05, 3.63) is 11.4 Å². The molecule has 1 aromatic heterocycles. The summed E-state index contributed by atoms with van der Waals surface area (Å²) in [5.74, 6) is 0.656. The lowest BCUT2D eigenvalue weighted by Gasteiger charge is -2.29. The Kier molecular flexibility index (Phi) is 4.68. The van der Waals surface area contributed by atoms with Crippen LogP contribution in [0.15, 0.2) is 0 Å². The standard InChI is InChI=1S/C15H26N4O/c1-4-10-7-6-8-11(9-10)17-15(20)14-13(16)12(5-2)18-19(14)3/h10-11H,4-9,16H2,1-3H3,(H,17,20). The maximum Gasteiger partial charge on any atom is 0.271 e. The van der Waals surface area contributed by atoms with Gasteiger partial charge < -0.3 is 11.1 Å². The average molecular weight is 278 g/mol. The summed E-state index contributed by atoms with van der Waals surface area (Å²) in [6.07, 6.45) is 6.58. The molecule has 5 nitrogen and oxygen atoms in total. The molecule has 3 N–H and O–H groups in total. The van der Waals surface area contributed by atoms with E-state index in [2.05, 4.69) is 17.3 Å². The number of rotatable bonds is 4. The summed E-state index contributed by atoms with van der Waals surface area (Å²) in [5.41, 5.74) is 7.85. The summed E-state index contributed by atoms with van der Waals surface area (Å²) in [6, 6.07) is 0.278. The second-order valence-corrected chi connectivity index (χ2v) is 5.80. The molecule has 2 unspecified atom stereocenters. The van der Waals surface area contributed by atoms with Crippen molar-refractivity contribution in [1.29, 1.82) is 0 Å². The third kappa shape index (κ3) is 2.97. The van der Waals surface area contributed by atoms with Gasteiger partial charge in [-0.3, -0.25) is 9.48 Å². The quantitative estimate of drug-likeness (QED) is 0.887. The van der Waals surface area contributed by atoms with Crippen molar-refractivity contribution >= 4 is 11.6 Å². The van der Waals surface area contributed by atoms with E-state index in [1.807, 2.05) is 6.92 Å². The zero-order valence-electron chi connectivity index (χ0n) is 12.8. The smallest absolute Gasteiger partial charge is 0.271 e. The molecule has 20 heavy (non-hydrogen) atoms. The van der Waals surface area contributed by atoms with E-state index in [0.717, 1.165) is 30.9 Å². The normalized spacial score (nSPS) is 22.8. The van der Waals surface area contributed by atoms with Crippen molar-refractivity contribution < 1.29 is 4.79 Å². The van der Waals surface area contributed by atoms with Crippen LogP contribution in [-0.4, -0.2) is 21.7 Å². The van der Waals surface area contributed by atoms with E-state index >= 15 is 0 Å². The second kappa shape index (κ2) is 6.29. The molecule has 0 aromatic carbocycles. The minimum atomic E-state index is -0.0843. The lowest BCUT2D eigenvalue weighted by atomic mass is 9.84. The summed E-state index contributed by atoms with van der Waals surface area (Å²) >= 11 is 0. The second-order valence-electron chi connectivity index (χ2n) is 5.80. The van der Waals surface area contributed by atoms with Gasteiger partial charge >= 0.3 is 0 Å². The van der Waals surface area contributed by atoms with Crippen LogP contribution in [0, 0.1) is 5.92 Å². The highest BCUT2D eigenvalue weighted by Crippen LogP contribution is 2.27.